The average molecular weight is 411 g/mol. The Morgan fingerprint density at radius 1 is 1.21 bits per heavy atom. The lowest BCUT2D eigenvalue weighted by molar-refractivity contribution is -0.147. The molecule has 3 atom stereocenters. The Bertz CT molecular complexity index is 892. The fourth-order valence-electron chi connectivity index (χ4n) is 4.80. The van der Waals surface area contributed by atoms with Gasteiger partial charge < -0.3 is 9.80 Å². The summed E-state index contributed by atoms with van der Waals surface area (Å²) in [5.41, 5.74) is 1.84. The lowest BCUT2D eigenvalue weighted by atomic mass is 9.73. The van der Waals surface area contributed by atoms with Gasteiger partial charge in [0.1, 0.15) is 0 Å². The van der Waals surface area contributed by atoms with E-state index in [1.54, 1.807) is 16.2 Å². The molecule has 1 saturated carbocycles. The normalized spacial score (nSPS) is 26.2. The summed E-state index contributed by atoms with van der Waals surface area (Å²) in [7, 11) is 3.66. The van der Waals surface area contributed by atoms with E-state index in [1.165, 1.54) is 16.0 Å². The van der Waals surface area contributed by atoms with Crippen molar-refractivity contribution in [3.8, 4) is 10.4 Å². The van der Waals surface area contributed by atoms with Crippen molar-refractivity contribution < 1.29 is 9.59 Å². The highest BCUT2D eigenvalue weighted by atomic mass is 32.1. The highest BCUT2D eigenvalue weighted by Gasteiger charge is 2.48. The molecule has 3 unspecified atom stereocenters. The molecule has 0 radical (unpaired) electrons. The number of amides is 2. The molecule has 2 aliphatic rings. The smallest absolute Gasteiger partial charge is 0.230 e. The molecular weight excluding hydrogens is 380 g/mol. The zero-order chi connectivity index (χ0) is 20.6. The lowest BCUT2D eigenvalue weighted by Gasteiger charge is -2.43. The van der Waals surface area contributed by atoms with Crippen molar-refractivity contribution in [2.75, 3.05) is 27.2 Å². The fraction of sp³-hybridized carbons (Fsp3) is 0.500. The third kappa shape index (κ3) is 3.97. The zero-order valence-corrected chi connectivity index (χ0v) is 18.4. The second-order valence-electron chi connectivity index (χ2n) is 8.97. The maximum atomic E-state index is 13.4. The van der Waals surface area contributed by atoms with Crippen LogP contribution in [0.1, 0.15) is 31.7 Å². The third-order valence-electron chi connectivity index (χ3n) is 6.51. The Morgan fingerprint density at radius 2 is 1.97 bits per heavy atom. The van der Waals surface area contributed by atoms with Gasteiger partial charge in [0.05, 0.1) is 5.41 Å². The van der Waals surface area contributed by atoms with Gasteiger partial charge in [0.2, 0.25) is 11.8 Å². The quantitative estimate of drug-likeness (QED) is 0.737. The van der Waals surface area contributed by atoms with Crippen molar-refractivity contribution in [2.45, 2.75) is 32.6 Å². The molecule has 29 heavy (non-hydrogen) atoms. The van der Waals surface area contributed by atoms with Crippen molar-refractivity contribution in [1.29, 1.82) is 0 Å². The van der Waals surface area contributed by atoms with Crippen LogP contribution in [0.5, 0.6) is 0 Å². The number of rotatable bonds is 5. The number of carbonyl (C=O) groups excluding carboxylic acids is 2. The van der Waals surface area contributed by atoms with Crippen molar-refractivity contribution in [1.82, 2.24) is 9.80 Å². The van der Waals surface area contributed by atoms with Gasteiger partial charge >= 0.3 is 0 Å². The first-order valence-electron chi connectivity index (χ1n) is 10.5. The molecular formula is C24H30N2O2S. The molecule has 1 aromatic carbocycles. The van der Waals surface area contributed by atoms with Crippen LogP contribution in [0.3, 0.4) is 0 Å². The molecule has 2 heterocycles. The van der Waals surface area contributed by atoms with Crippen LogP contribution in [-0.2, 0) is 16.0 Å². The molecule has 5 heteroatoms. The van der Waals surface area contributed by atoms with Gasteiger partial charge in [-0.2, -0.15) is 0 Å². The Balaban J connectivity index is 1.66. The van der Waals surface area contributed by atoms with Crippen LogP contribution < -0.4 is 0 Å². The Kier molecular flexibility index (Phi) is 5.52. The molecule has 1 saturated heterocycles. The van der Waals surface area contributed by atoms with E-state index in [0.717, 1.165) is 25.8 Å². The maximum absolute atomic E-state index is 13.4. The standard InChI is InChI=1S/C24H30N2O2S/c1-17-14-20(17)22(27)26-12-7-11-24(16-26,23(28)25(2)3)15-18-8-4-5-9-19(18)21-10-6-13-29-21/h4-6,8-10,13,17,20H,7,11-12,14-16H2,1-3H3. The van der Waals surface area contributed by atoms with Gasteiger partial charge in [-0.15, -0.1) is 11.3 Å². The monoisotopic (exact) mass is 410 g/mol. The lowest BCUT2D eigenvalue weighted by Crippen LogP contribution is -2.54. The topological polar surface area (TPSA) is 40.6 Å². The molecule has 1 aromatic heterocycles. The molecule has 4 rings (SSSR count). The van der Waals surface area contributed by atoms with E-state index in [0.29, 0.717) is 18.9 Å². The maximum Gasteiger partial charge on any atom is 0.230 e. The minimum absolute atomic E-state index is 0.139. The van der Waals surface area contributed by atoms with Crippen molar-refractivity contribution in [3.63, 3.8) is 0 Å². The van der Waals surface area contributed by atoms with Gasteiger partial charge in [-0.05, 0) is 54.2 Å². The number of thiophene rings is 1. The number of nitrogens with zero attached hydrogens (tertiary/aromatic N) is 2. The van der Waals surface area contributed by atoms with Gasteiger partial charge in [-0.25, -0.2) is 0 Å². The Hall–Kier alpha value is -2.14. The molecule has 1 aliphatic heterocycles. The molecule has 154 valence electrons. The summed E-state index contributed by atoms with van der Waals surface area (Å²) in [5, 5.41) is 2.09. The largest absolute Gasteiger partial charge is 0.348 e. The van der Waals surface area contributed by atoms with E-state index in [4.69, 9.17) is 0 Å². The van der Waals surface area contributed by atoms with Crippen molar-refractivity contribution >= 4 is 23.2 Å². The first-order valence-corrected chi connectivity index (χ1v) is 11.4. The molecule has 0 N–H and O–H groups in total. The summed E-state index contributed by atoms with van der Waals surface area (Å²) in [5.74, 6) is 1.04. The molecule has 0 bridgehead atoms. The first-order chi connectivity index (χ1) is 13.9. The SMILES string of the molecule is CC1CC1C(=O)N1CCCC(Cc2ccccc2-c2cccs2)(C(=O)N(C)C)C1. The summed E-state index contributed by atoms with van der Waals surface area (Å²) >= 11 is 1.72. The summed E-state index contributed by atoms with van der Waals surface area (Å²) < 4.78 is 0. The van der Waals surface area contributed by atoms with Gasteiger partial charge in [0.25, 0.3) is 0 Å². The Labute approximate surface area is 177 Å². The summed E-state index contributed by atoms with van der Waals surface area (Å²) in [6.07, 6.45) is 3.37. The van der Waals surface area contributed by atoms with Gasteiger partial charge in [0.15, 0.2) is 0 Å². The minimum Gasteiger partial charge on any atom is -0.348 e. The first kappa shape index (κ1) is 20.1. The predicted molar refractivity (Wildman–Crippen MR) is 118 cm³/mol. The number of carbonyl (C=O) groups is 2. The van der Waals surface area contributed by atoms with Crippen LogP contribution in [-0.4, -0.2) is 48.8 Å². The minimum atomic E-state index is -0.553. The highest BCUT2D eigenvalue weighted by Crippen LogP contribution is 2.43. The predicted octanol–water partition coefficient (Wildman–Crippen LogP) is 4.31. The van der Waals surface area contributed by atoms with E-state index in [9.17, 15) is 9.59 Å². The zero-order valence-electron chi connectivity index (χ0n) is 17.6. The number of hydrogen-bond donors (Lipinski definition) is 0. The van der Waals surface area contributed by atoms with Crippen LogP contribution in [0.2, 0.25) is 0 Å². The molecule has 1 aliphatic carbocycles. The number of likely N-dealkylation sites (tertiary alicyclic amines) is 1. The molecule has 0 spiro atoms. The summed E-state index contributed by atoms with van der Waals surface area (Å²) in [4.78, 5) is 31.3. The number of benzene rings is 1. The highest BCUT2D eigenvalue weighted by molar-refractivity contribution is 7.13. The van der Waals surface area contributed by atoms with Crippen molar-refractivity contribution in [2.24, 2.45) is 17.3 Å². The van der Waals surface area contributed by atoms with Gasteiger partial charge in [0, 0.05) is 38.0 Å². The average Bonchev–Trinajstić information content (AvgIpc) is 3.21. The van der Waals surface area contributed by atoms with Gasteiger partial charge in [-0.3, -0.25) is 9.59 Å². The van der Waals surface area contributed by atoms with E-state index in [1.807, 2.05) is 19.0 Å². The number of piperidine rings is 1. The Morgan fingerprint density at radius 3 is 2.62 bits per heavy atom. The fourth-order valence-corrected chi connectivity index (χ4v) is 5.59. The molecule has 4 nitrogen and oxygen atoms in total. The van der Waals surface area contributed by atoms with E-state index < -0.39 is 5.41 Å². The summed E-state index contributed by atoms with van der Waals surface area (Å²) in [6, 6.07) is 12.6. The molecule has 2 fully saturated rings. The van der Waals surface area contributed by atoms with Crippen LogP contribution in [0.15, 0.2) is 41.8 Å². The summed E-state index contributed by atoms with van der Waals surface area (Å²) in [6.45, 7) is 3.45. The molecule has 2 aromatic rings. The van der Waals surface area contributed by atoms with E-state index in [-0.39, 0.29) is 17.7 Å². The number of hydrogen-bond acceptors (Lipinski definition) is 3. The van der Waals surface area contributed by atoms with E-state index >= 15 is 0 Å². The van der Waals surface area contributed by atoms with Crippen LogP contribution in [0.4, 0.5) is 0 Å². The van der Waals surface area contributed by atoms with E-state index in [2.05, 4.69) is 48.7 Å². The van der Waals surface area contributed by atoms with Crippen LogP contribution in [0, 0.1) is 17.3 Å². The molecule has 2 amide bonds. The van der Waals surface area contributed by atoms with Crippen LogP contribution >= 0.6 is 11.3 Å². The van der Waals surface area contributed by atoms with Gasteiger partial charge in [-0.1, -0.05) is 37.3 Å². The van der Waals surface area contributed by atoms with Crippen molar-refractivity contribution in [3.05, 3.63) is 47.3 Å². The van der Waals surface area contributed by atoms with Crippen LogP contribution in [0.25, 0.3) is 10.4 Å². The second kappa shape index (κ2) is 7.94. The second-order valence-corrected chi connectivity index (χ2v) is 9.92. The third-order valence-corrected chi connectivity index (χ3v) is 7.41.